The van der Waals surface area contributed by atoms with Gasteiger partial charge in [-0.05, 0) is 43.2 Å². The summed E-state index contributed by atoms with van der Waals surface area (Å²) < 4.78 is 5.59. The van der Waals surface area contributed by atoms with E-state index in [9.17, 15) is 0 Å². The number of aromatic nitrogens is 1. The van der Waals surface area contributed by atoms with E-state index in [0.717, 1.165) is 54.2 Å². The highest BCUT2D eigenvalue weighted by Crippen LogP contribution is 2.16. The van der Waals surface area contributed by atoms with Crippen LogP contribution in [0.25, 0.3) is 0 Å². The van der Waals surface area contributed by atoms with Crippen LogP contribution in [0.5, 0.6) is 0 Å². The summed E-state index contributed by atoms with van der Waals surface area (Å²) in [6, 6.07) is 12.0. The monoisotopic (exact) mass is 529 g/mol. The fraction of sp³-hybridized carbons (Fsp3) is 0.429. The number of pyridine rings is 1. The van der Waals surface area contributed by atoms with Crippen LogP contribution < -0.4 is 15.5 Å². The third-order valence-corrected chi connectivity index (χ3v) is 4.72. The molecule has 158 valence electrons. The Hall–Kier alpha value is -1.58. The van der Waals surface area contributed by atoms with Crippen LogP contribution in [-0.4, -0.2) is 43.3 Å². The van der Waals surface area contributed by atoms with Crippen LogP contribution in [0.1, 0.15) is 25.0 Å². The lowest BCUT2D eigenvalue weighted by molar-refractivity contribution is 0.0529. The van der Waals surface area contributed by atoms with Gasteiger partial charge in [-0.1, -0.05) is 29.8 Å². The number of ether oxygens (including phenoxy) is 1. The van der Waals surface area contributed by atoms with Crippen molar-refractivity contribution < 1.29 is 4.74 Å². The predicted molar refractivity (Wildman–Crippen MR) is 130 cm³/mol. The Morgan fingerprint density at radius 1 is 1.28 bits per heavy atom. The molecular formula is C21H29ClIN5O. The second-order valence-corrected chi connectivity index (χ2v) is 7.27. The van der Waals surface area contributed by atoms with Gasteiger partial charge in [0.15, 0.2) is 5.96 Å². The number of hydrogen-bond donors (Lipinski definition) is 2. The number of nitrogens with zero attached hydrogens (tertiary/aromatic N) is 3. The summed E-state index contributed by atoms with van der Waals surface area (Å²) in [4.78, 5) is 11.5. The first-order valence-corrected chi connectivity index (χ1v) is 10.1. The van der Waals surface area contributed by atoms with Crippen LogP contribution in [0.15, 0.2) is 47.6 Å². The van der Waals surface area contributed by atoms with Crippen LogP contribution in [0, 0.1) is 0 Å². The number of hydrogen-bond acceptors (Lipinski definition) is 4. The first-order valence-electron chi connectivity index (χ1n) is 9.72. The smallest absolute Gasteiger partial charge is 0.191 e. The molecule has 0 saturated carbocycles. The van der Waals surface area contributed by atoms with Crippen LogP contribution in [0.4, 0.5) is 5.82 Å². The first-order chi connectivity index (χ1) is 13.6. The average molecular weight is 530 g/mol. The van der Waals surface area contributed by atoms with Gasteiger partial charge in [-0.15, -0.1) is 24.0 Å². The zero-order valence-corrected chi connectivity index (χ0v) is 20.0. The van der Waals surface area contributed by atoms with Gasteiger partial charge in [0, 0.05) is 37.4 Å². The Balaban J connectivity index is 0.00000300. The molecule has 3 rings (SSSR count). The number of halogens is 2. The molecule has 1 unspecified atom stereocenters. The second kappa shape index (κ2) is 12.2. The number of aliphatic imine (C=N–C) groups is 1. The SMILES string of the molecule is CCNC(=NCc1ccc(N2CCOC(C)C2)nc1)NCc1cccc(Cl)c1.I. The summed E-state index contributed by atoms with van der Waals surface area (Å²) in [6.45, 7) is 8.68. The van der Waals surface area contributed by atoms with Gasteiger partial charge in [-0.3, -0.25) is 0 Å². The summed E-state index contributed by atoms with van der Waals surface area (Å²) in [6.07, 6.45) is 2.15. The number of guanidine groups is 1. The molecule has 1 aromatic carbocycles. The zero-order chi connectivity index (χ0) is 19.8. The maximum absolute atomic E-state index is 6.05. The van der Waals surface area contributed by atoms with Gasteiger partial charge in [-0.25, -0.2) is 9.98 Å². The lowest BCUT2D eigenvalue weighted by atomic mass is 10.2. The lowest BCUT2D eigenvalue weighted by Gasteiger charge is -2.32. The summed E-state index contributed by atoms with van der Waals surface area (Å²) in [5.41, 5.74) is 2.19. The van der Waals surface area contributed by atoms with Crippen molar-refractivity contribution in [1.82, 2.24) is 15.6 Å². The molecule has 1 aliphatic rings. The number of rotatable bonds is 6. The van der Waals surface area contributed by atoms with E-state index in [1.165, 1.54) is 0 Å². The highest BCUT2D eigenvalue weighted by atomic mass is 127. The third-order valence-electron chi connectivity index (χ3n) is 4.49. The normalized spacial score (nSPS) is 16.9. The number of nitrogens with one attached hydrogen (secondary N) is 2. The van der Waals surface area contributed by atoms with E-state index in [-0.39, 0.29) is 30.1 Å². The molecule has 0 radical (unpaired) electrons. The first kappa shape index (κ1) is 23.7. The molecule has 2 heterocycles. The minimum Gasteiger partial charge on any atom is -0.375 e. The topological polar surface area (TPSA) is 61.8 Å². The van der Waals surface area contributed by atoms with E-state index >= 15 is 0 Å². The maximum Gasteiger partial charge on any atom is 0.191 e. The van der Waals surface area contributed by atoms with Gasteiger partial charge < -0.3 is 20.3 Å². The molecular weight excluding hydrogens is 501 g/mol. The van der Waals surface area contributed by atoms with E-state index in [2.05, 4.69) is 51.5 Å². The molecule has 1 atom stereocenters. The average Bonchev–Trinajstić information content (AvgIpc) is 2.70. The fourth-order valence-corrected chi connectivity index (χ4v) is 3.28. The Morgan fingerprint density at radius 3 is 2.83 bits per heavy atom. The zero-order valence-electron chi connectivity index (χ0n) is 16.9. The highest BCUT2D eigenvalue weighted by Gasteiger charge is 2.17. The van der Waals surface area contributed by atoms with Crippen LogP contribution in [0.2, 0.25) is 5.02 Å². The molecule has 1 aliphatic heterocycles. The van der Waals surface area contributed by atoms with E-state index in [0.29, 0.717) is 13.1 Å². The number of benzene rings is 1. The fourth-order valence-electron chi connectivity index (χ4n) is 3.07. The van der Waals surface area contributed by atoms with Gasteiger partial charge >= 0.3 is 0 Å². The van der Waals surface area contributed by atoms with Gasteiger partial charge in [0.05, 0.1) is 19.3 Å². The van der Waals surface area contributed by atoms with Crippen molar-refractivity contribution in [2.45, 2.75) is 33.0 Å². The molecule has 2 N–H and O–H groups in total. The van der Waals surface area contributed by atoms with Crippen molar-refractivity contribution in [3.8, 4) is 0 Å². The van der Waals surface area contributed by atoms with Gasteiger partial charge in [-0.2, -0.15) is 0 Å². The van der Waals surface area contributed by atoms with Crippen molar-refractivity contribution in [1.29, 1.82) is 0 Å². The summed E-state index contributed by atoms with van der Waals surface area (Å²) in [5, 5.41) is 7.35. The quantitative estimate of drug-likeness (QED) is 0.338. The van der Waals surface area contributed by atoms with E-state index in [4.69, 9.17) is 16.3 Å². The molecule has 29 heavy (non-hydrogen) atoms. The predicted octanol–water partition coefficient (Wildman–Crippen LogP) is 3.83. The van der Waals surface area contributed by atoms with Gasteiger partial charge in [0.25, 0.3) is 0 Å². The Bertz CT molecular complexity index is 787. The summed E-state index contributed by atoms with van der Waals surface area (Å²) in [5.74, 6) is 1.77. The largest absolute Gasteiger partial charge is 0.375 e. The van der Waals surface area contributed by atoms with Crippen molar-refractivity contribution in [3.05, 3.63) is 58.7 Å². The van der Waals surface area contributed by atoms with E-state index in [1.54, 1.807) is 0 Å². The number of morpholine rings is 1. The molecule has 1 aromatic heterocycles. The van der Waals surface area contributed by atoms with Crippen LogP contribution in [-0.2, 0) is 17.8 Å². The third kappa shape index (κ3) is 7.64. The van der Waals surface area contributed by atoms with Crippen LogP contribution in [0.3, 0.4) is 0 Å². The molecule has 2 aromatic rings. The van der Waals surface area contributed by atoms with E-state index < -0.39 is 0 Å². The molecule has 0 bridgehead atoms. The van der Waals surface area contributed by atoms with Crippen molar-refractivity contribution in [2.24, 2.45) is 4.99 Å². The Kier molecular flexibility index (Phi) is 9.96. The van der Waals surface area contributed by atoms with Crippen molar-refractivity contribution in [3.63, 3.8) is 0 Å². The highest BCUT2D eigenvalue weighted by molar-refractivity contribution is 14.0. The van der Waals surface area contributed by atoms with Crippen molar-refractivity contribution in [2.75, 3.05) is 31.1 Å². The summed E-state index contributed by atoms with van der Waals surface area (Å²) >= 11 is 6.05. The molecule has 0 spiro atoms. The summed E-state index contributed by atoms with van der Waals surface area (Å²) in [7, 11) is 0. The van der Waals surface area contributed by atoms with Crippen LogP contribution >= 0.6 is 35.6 Å². The van der Waals surface area contributed by atoms with E-state index in [1.807, 2.05) is 30.5 Å². The maximum atomic E-state index is 6.05. The minimum absolute atomic E-state index is 0. The van der Waals surface area contributed by atoms with Gasteiger partial charge in [0.1, 0.15) is 5.82 Å². The lowest BCUT2D eigenvalue weighted by Crippen LogP contribution is -2.41. The number of anilines is 1. The Labute approximate surface area is 195 Å². The molecule has 8 heteroatoms. The molecule has 0 amide bonds. The standard InChI is InChI=1S/C21H28ClN5O.HI/c1-3-23-21(25-12-17-5-4-6-19(22)11-17)26-14-18-7-8-20(24-13-18)27-9-10-28-16(2)15-27;/h4-8,11,13,16H,3,9-10,12,14-15H2,1-2H3,(H2,23,25,26);1H. The second-order valence-electron chi connectivity index (χ2n) is 6.83. The van der Waals surface area contributed by atoms with Gasteiger partial charge in [0.2, 0.25) is 0 Å². The molecule has 1 saturated heterocycles. The molecule has 0 aliphatic carbocycles. The minimum atomic E-state index is 0. The molecule has 1 fully saturated rings. The Morgan fingerprint density at radius 2 is 2.14 bits per heavy atom. The molecule has 6 nitrogen and oxygen atoms in total. The van der Waals surface area contributed by atoms with Crippen molar-refractivity contribution >= 4 is 47.4 Å².